The predicted molar refractivity (Wildman–Crippen MR) is 97.4 cm³/mol. The van der Waals surface area contributed by atoms with Crippen molar-refractivity contribution in [3.05, 3.63) is 23.8 Å². The van der Waals surface area contributed by atoms with Gasteiger partial charge in [-0.1, -0.05) is 6.07 Å². The van der Waals surface area contributed by atoms with Crippen LogP contribution in [0, 0.1) is 0 Å². The van der Waals surface area contributed by atoms with Gasteiger partial charge in [-0.25, -0.2) is 4.79 Å². The van der Waals surface area contributed by atoms with Gasteiger partial charge < -0.3 is 24.6 Å². The van der Waals surface area contributed by atoms with Gasteiger partial charge in [-0.15, -0.1) is 0 Å². The standard InChI is InChI=1S/C19H29N3O3/c1-21(16-6-7-16)10-11-22(2)19(23)20-9-3-4-15-5-8-17-18(14-15)25-13-12-24-17/h5,8,14,16H,3-4,6-7,9-13H2,1-2H3,(H,20,23). The van der Waals surface area contributed by atoms with Gasteiger partial charge in [0.25, 0.3) is 0 Å². The lowest BCUT2D eigenvalue weighted by Crippen LogP contribution is -2.41. The first-order valence-electron chi connectivity index (χ1n) is 9.21. The monoisotopic (exact) mass is 347 g/mol. The number of nitrogens with one attached hydrogen (secondary N) is 1. The molecule has 6 heteroatoms. The fourth-order valence-electron chi connectivity index (χ4n) is 2.97. The van der Waals surface area contributed by atoms with Crippen LogP contribution < -0.4 is 14.8 Å². The van der Waals surface area contributed by atoms with Crippen LogP contribution in [0.3, 0.4) is 0 Å². The molecule has 0 unspecified atom stereocenters. The summed E-state index contributed by atoms with van der Waals surface area (Å²) in [6.45, 7) is 3.60. The zero-order chi connectivity index (χ0) is 17.6. The molecule has 1 saturated carbocycles. The van der Waals surface area contributed by atoms with E-state index in [1.807, 2.05) is 19.2 Å². The molecule has 0 radical (unpaired) electrons. The van der Waals surface area contributed by atoms with Crippen molar-refractivity contribution in [1.82, 2.24) is 15.1 Å². The lowest BCUT2D eigenvalue weighted by Gasteiger charge is -2.22. The van der Waals surface area contributed by atoms with Crippen molar-refractivity contribution in [3.63, 3.8) is 0 Å². The molecule has 1 heterocycles. The largest absolute Gasteiger partial charge is 0.486 e. The summed E-state index contributed by atoms with van der Waals surface area (Å²) < 4.78 is 11.1. The summed E-state index contributed by atoms with van der Waals surface area (Å²) in [5.74, 6) is 1.65. The number of rotatable bonds is 8. The molecule has 1 aromatic rings. The summed E-state index contributed by atoms with van der Waals surface area (Å²) in [6, 6.07) is 6.81. The normalized spacial score (nSPS) is 16.0. The molecule has 1 aliphatic heterocycles. The minimum absolute atomic E-state index is 0.00590. The van der Waals surface area contributed by atoms with E-state index in [0.717, 1.165) is 43.5 Å². The number of benzene rings is 1. The number of likely N-dealkylation sites (N-methyl/N-ethyl adjacent to an activating group) is 2. The summed E-state index contributed by atoms with van der Waals surface area (Å²) in [4.78, 5) is 16.2. The lowest BCUT2D eigenvalue weighted by atomic mass is 10.1. The van der Waals surface area contributed by atoms with Crippen molar-refractivity contribution in [1.29, 1.82) is 0 Å². The number of carbonyl (C=O) groups is 1. The molecular formula is C19H29N3O3. The van der Waals surface area contributed by atoms with E-state index < -0.39 is 0 Å². The maximum atomic E-state index is 12.1. The SMILES string of the molecule is CN(CCN(C)C1CC1)C(=O)NCCCc1ccc2c(c1)OCCO2. The van der Waals surface area contributed by atoms with E-state index in [1.165, 1.54) is 18.4 Å². The minimum atomic E-state index is 0.00590. The number of hydrogen-bond donors (Lipinski definition) is 1. The Morgan fingerprint density at radius 1 is 1.16 bits per heavy atom. The van der Waals surface area contributed by atoms with E-state index in [9.17, 15) is 4.79 Å². The summed E-state index contributed by atoms with van der Waals surface area (Å²) in [7, 11) is 3.99. The van der Waals surface area contributed by atoms with Crippen molar-refractivity contribution in [2.24, 2.45) is 0 Å². The second-order valence-corrected chi connectivity index (χ2v) is 6.95. The fourth-order valence-corrected chi connectivity index (χ4v) is 2.97. The van der Waals surface area contributed by atoms with Crippen LogP contribution in [0.1, 0.15) is 24.8 Å². The first-order chi connectivity index (χ1) is 12.1. The van der Waals surface area contributed by atoms with Crippen molar-refractivity contribution >= 4 is 6.03 Å². The topological polar surface area (TPSA) is 54.0 Å². The molecule has 2 aliphatic rings. The molecule has 1 aliphatic carbocycles. The van der Waals surface area contributed by atoms with Crippen LogP contribution in [-0.4, -0.2) is 68.8 Å². The molecule has 6 nitrogen and oxygen atoms in total. The first kappa shape index (κ1) is 17.9. The maximum Gasteiger partial charge on any atom is 0.317 e. The predicted octanol–water partition coefficient (Wildman–Crippen LogP) is 2.13. The van der Waals surface area contributed by atoms with Crippen LogP contribution in [-0.2, 0) is 6.42 Å². The van der Waals surface area contributed by atoms with Crippen LogP contribution in [0.4, 0.5) is 4.79 Å². The van der Waals surface area contributed by atoms with Crippen LogP contribution in [0.25, 0.3) is 0 Å². The molecule has 0 spiro atoms. The summed E-state index contributed by atoms with van der Waals surface area (Å²) in [6.07, 6.45) is 4.41. The van der Waals surface area contributed by atoms with Gasteiger partial charge in [0, 0.05) is 32.7 Å². The van der Waals surface area contributed by atoms with E-state index in [2.05, 4.69) is 23.3 Å². The van der Waals surface area contributed by atoms with Crippen LogP contribution in [0.5, 0.6) is 11.5 Å². The van der Waals surface area contributed by atoms with Crippen molar-refractivity contribution in [2.75, 3.05) is 46.9 Å². The summed E-state index contributed by atoms with van der Waals surface area (Å²) in [5.41, 5.74) is 1.21. The van der Waals surface area contributed by atoms with Gasteiger partial charge in [-0.3, -0.25) is 0 Å². The molecule has 138 valence electrons. The van der Waals surface area contributed by atoms with E-state index in [0.29, 0.717) is 19.8 Å². The Morgan fingerprint density at radius 3 is 2.68 bits per heavy atom. The van der Waals surface area contributed by atoms with Gasteiger partial charge in [0.1, 0.15) is 13.2 Å². The number of nitrogens with zero attached hydrogens (tertiary/aromatic N) is 2. The van der Waals surface area contributed by atoms with E-state index in [4.69, 9.17) is 9.47 Å². The van der Waals surface area contributed by atoms with E-state index in [-0.39, 0.29) is 6.03 Å². The molecule has 1 aromatic carbocycles. The minimum Gasteiger partial charge on any atom is -0.486 e. The van der Waals surface area contributed by atoms with Crippen LogP contribution in [0.15, 0.2) is 18.2 Å². The van der Waals surface area contributed by atoms with Gasteiger partial charge >= 0.3 is 6.03 Å². The molecule has 0 bridgehead atoms. The zero-order valence-corrected chi connectivity index (χ0v) is 15.3. The molecule has 0 atom stereocenters. The third-order valence-electron chi connectivity index (χ3n) is 4.83. The Labute approximate surface area is 150 Å². The van der Waals surface area contributed by atoms with Gasteiger partial charge in [-0.05, 0) is 50.4 Å². The fraction of sp³-hybridized carbons (Fsp3) is 0.632. The molecule has 2 amide bonds. The average molecular weight is 347 g/mol. The van der Waals surface area contributed by atoms with E-state index >= 15 is 0 Å². The third kappa shape index (κ3) is 5.26. The highest BCUT2D eigenvalue weighted by atomic mass is 16.6. The molecule has 0 aromatic heterocycles. The summed E-state index contributed by atoms with van der Waals surface area (Å²) in [5, 5.41) is 3.00. The third-order valence-corrected chi connectivity index (χ3v) is 4.83. The smallest absolute Gasteiger partial charge is 0.317 e. The number of carbonyl (C=O) groups excluding carboxylic acids is 1. The Hall–Kier alpha value is -1.95. The second-order valence-electron chi connectivity index (χ2n) is 6.95. The second kappa shape index (κ2) is 8.43. The highest BCUT2D eigenvalue weighted by Gasteiger charge is 2.26. The first-order valence-corrected chi connectivity index (χ1v) is 9.21. The molecule has 3 rings (SSSR count). The summed E-state index contributed by atoms with van der Waals surface area (Å²) >= 11 is 0. The number of ether oxygens (including phenoxy) is 2. The van der Waals surface area contributed by atoms with Crippen molar-refractivity contribution < 1.29 is 14.3 Å². The van der Waals surface area contributed by atoms with Crippen LogP contribution >= 0.6 is 0 Å². The Kier molecular flexibility index (Phi) is 6.02. The Morgan fingerprint density at radius 2 is 1.92 bits per heavy atom. The molecule has 25 heavy (non-hydrogen) atoms. The zero-order valence-electron chi connectivity index (χ0n) is 15.3. The number of hydrogen-bond acceptors (Lipinski definition) is 4. The maximum absolute atomic E-state index is 12.1. The molecule has 0 saturated heterocycles. The highest BCUT2D eigenvalue weighted by molar-refractivity contribution is 5.73. The van der Waals surface area contributed by atoms with Gasteiger partial charge in [0.15, 0.2) is 11.5 Å². The van der Waals surface area contributed by atoms with Gasteiger partial charge in [0.2, 0.25) is 0 Å². The number of fused-ring (bicyclic) bond motifs is 1. The highest BCUT2D eigenvalue weighted by Crippen LogP contribution is 2.31. The average Bonchev–Trinajstić information content (AvgIpc) is 3.48. The number of aryl methyl sites for hydroxylation is 1. The number of urea groups is 1. The Balaban J connectivity index is 1.32. The molecule has 1 N–H and O–H groups in total. The van der Waals surface area contributed by atoms with E-state index in [1.54, 1.807) is 4.90 Å². The Bertz CT molecular complexity index is 589. The van der Waals surface area contributed by atoms with Crippen molar-refractivity contribution in [2.45, 2.75) is 31.7 Å². The quantitative estimate of drug-likeness (QED) is 0.732. The van der Waals surface area contributed by atoms with Gasteiger partial charge in [0.05, 0.1) is 0 Å². The molecule has 1 fully saturated rings. The van der Waals surface area contributed by atoms with Crippen LogP contribution in [0.2, 0.25) is 0 Å². The number of amides is 2. The van der Waals surface area contributed by atoms with Gasteiger partial charge in [-0.2, -0.15) is 0 Å². The molecular weight excluding hydrogens is 318 g/mol. The lowest BCUT2D eigenvalue weighted by molar-refractivity contribution is 0.171. The van der Waals surface area contributed by atoms with Crippen molar-refractivity contribution in [3.8, 4) is 11.5 Å².